The van der Waals surface area contributed by atoms with E-state index in [4.69, 9.17) is 9.47 Å². The Morgan fingerprint density at radius 3 is 3.00 bits per heavy atom. The minimum Gasteiger partial charge on any atom is -0.472 e. The first-order valence-electron chi connectivity index (χ1n) is 7.06. The van der Waals surface area contributed by atoms with Crippen molar-refractivity contribution in [1.29, 1.82) is 0 Å². The number of rotatable bonds is 6. The van der Waals surface area contributed by atoms with Crippen LogP contribution in [0.15, 0.2) is 12.1 Å². The molecule has 4 heteroatoms. The van der Waals surface area contributed by atoms with Gasteiger partial charge in [0.05, 0.1) is 13.2 Å². The molecule has 0 aromatic carbocycles. The summed E-state index contributed by atoms with van der Waals surface area (Å²) in [4.78, 5) is 4.43. The highest BCUT2D eigenvalue weighted by Crippen LogP contribution is 2.17. The lowest BCUT2D eigenvalue weighted by molar-refractivity contribution is 0.138. The molecule has 1 aliphatic heterocycles. The number of ether oxygens (including phenoxy) is 2. The molecular formula is C15H24N2O2. The first-order valence-corrected chi connectivity index (χ1v) is 7.06. The van der Waals surface area contributed by atoms with Gasteiger partial charge in [0.25, 0.3) is 0 Å². The van der Waals surface area contributed by atoms with E-state index in [0.29, 0.717) is 12.5 Å². The van der Waals surface area contributed by atoms with Crippen LogP contribution < -0.4 is 10.1 Å². The second-order valence-electron chi connectivity index (χ2n) is 5.58. The second kappa shape index (κ2) is 6.87. The van der Waals surface area contributed by atoms with Gasteiger partial charge in [0.1, 0.15) is 6.10 Å². The van der Waals surface area contributed by atoms with E-state index >= 15 is 0 Å². The first kappa shape index (κ1) is 14.3. The third kappa shape index (κ3) is 4.80. The molecule has 2 heterocycles. The molecule has 2 rings (SSSR count). The molecule has 1 aromatic heterocycles. The van der Waals surface area contributed by atoms with Crippen LogP contribution in [-0.4, -0.2) is 30.8 Å². The van der Waals surface area contributed by atoms with Crippen molar-refractivity contribution in [3.8, 4) is 5.88 Å². The van der Waals surface area contributed by atoms with Crippen LogP contribution in [0.3, 0.4) is 0 Å². The molecule has 106 valence electrons. The van der Waals surface area contributed by atoms with E-state index in [0.717, 1.165) is 37.7 Å². The van der Waals surface area contributed by atoms with Crippen LogP contribution in [0, 0.1) is 12.8 Å². The Hall–Kier alpha value is -1.13. The molecule has 4 nitrogen and oxygen atoms in total. The standard InChI is InChI=1S/C15H24N2O2/c1-11(2)8-16-9-13-6-12(3)17-15(7-13)19-14-4-5-18-10-14/h6-7,11,14,16H,4-5,8-10H2,1-3H3. The van der Waals surface area contributed by atoms with Gasteiger partial charge in [-0.1, -0.05) is 13.8 Å². The van der Waals surface area contributed by atoms with Gasteiger partial charge in [-0.05, 0) is 31.0 Å². The van der Waals surface area contributed by atoms with Crippen LogP contribution >= 0.6 is 0 Å². The van der Waals surface area contributed by atoms with Crippen LogP contribution in [0.5, 0.6) is 5.88 Å². The van der Waals surface area contributed by atoms with Crippen molar-refractivity contribution in [2.45, 2.75) is 39.8 Å². The zero-order valence-corrected chi connectivity index (χ0v) is 12.1. The number of hydrogen-bond acceptors (Lipinski definition) is 4. The summed E-state index contributed by atoms with van der Waals surface area (Å²) in [5.74, 6) is 1.38. The van der Waals surface area contributed by atoms with Crippen LogP contribution in [-0.2, 0) is 11.3 Å². The quantitative estimate of drug-likeness (QED) is 0.856. The first-order chi connectivity index (χ1) is 9.13. The molecule has 1 atom stereocenters. The molecule has 0 saturated carbocycles. The predicted molar refractivity (Wildman–Crippen MR) is 75.4 cm³/mol. The number of hydrogen-bond donors (Lipinski definition) is 1. The zero-order chi connectivity index (χ0) is 13.7. The molecule has 1 N–H and O–H groups in total. The second-order valence-corrected chi connectivity index (χ2v) is 5.58. The SMILES string of the molecule is Cc1cc(CNCC(C)C)cc(OC2CCOC2)n1. The van der Waals surface area contributed by atoms with Gasteiger partial charge in [-0.15, -0.1) is 0 Å². The number of pyridine rings is 1. The summed E-state index contributed by atoms with van der Waals surface area (Å²) < 4.78 is 11.2. The lowest BCUT2D eigenvalue weighted by atomic mass is 10.2. The van der Waals surface area contributed by atoms with Crippen molar-refractivity contribution in [3.05, 3.63) is 23.4 Å². The Bertz CT molecular complexity index is 401. The van der Waals surface area contributed by atoms with E-state index in [1.165, 1.54) is 5.56 Å². The molecule has 0 bridgehead atoms. The summed E-state index contributed by atoms with van der Waals surface area (Å²) in [7, 11) is 0. The van der Waals surface area contributed by atoms with Crippen molar-refractivity contribution in [1.82, 2.24) is 10.3 Å². The fourth-order valence-corrected chi connectivity index (χ4v) is 2.15. The number of aromatic nitrogens is 1. The summed E-state index contributed by atoms with van der Waals surface area (Å²) in [5.41, 5.74) is 2.22. The van der Waals surface area contributed by atoms with Gasteiger partial charge in [-0.3, -0.25) is 0 Å². The summed E-state index contributed by atoms with van der Waals surface area (Å²) in [6.45, 7) is 9.77. The van der Waals surface area contributed by atoms with E-state index in [1.54, 1.807) is 0 Å². The van der Waals surface area contributed by atoms with Crippen LogP contribution in [0.2, 0.25) is 0 Å². The molecule has 1 fully saturated rings. The van der Waals surface area contributed by atoms with Crippen molar-refractivity contribution in [3.63, 3.8) is 0 Å². The van der Waals surface area contributed by atoms with Crippen LogP contribution in [0.4, 0.5) is 0 Å². The number of aryl methyl sites for hydroxylation is 1. The topological polar surface area (TPSA) is 43.4 Å². The summed E-state index contributed by atoms with van der Waals surface area (Å²) in [6, 6.07) is 4.13. The Balaban J connectivity index is 1.93. The lowest BCUT2D eigenvalue weighted by Gasteiger charge is -2.13. The molecule has 0 radical (unpaired) electrons. The monoisotopic (exact) mass is 264 g/mol. The number of nitrogens with zero attached hydrogens (tertiary/aromatic N) is 1. The third-order valence-electron chi connectivity index (χ3n) is 3.05. The Labute approximate surface area is 115 Å². The summed E-state index contributed by atoms with van der Waals surface area (Å²) in [6.07, 6.45) is 1.11. The average Bonchev–Trinajstić information content (AvgIpc) is 2.80. The third-order valence-corrected chi connectivity index (χ3v) is 3.05. The maximum absolute atomic E-state index is 5.86. The molecule has 0 amide bonds. The molecular weight excluding hydrogens is 240 g/mol. The molecule has 19 heavy (non-hydrogen) atoms. The number of nitrogens with one attached hydrogen (secondary N) is 1. The van der Waals surface area contributed by atoms with Gasteiger partial charge in [-0.2, -0.15) is 0 Å². The van der Waals surface area contributed by atoms with Gasteiger partial charge < -0.3 is 14.8 Å². The normalized spacial score (nSPS) is 19.1. The minimum absolute atomic E-state index is 0.158. The van der Waals surface area contributed by atoms with Gasteiger partial charge in [-0.25, -0.2) is 4.98 Å². The summed E-state index contributed by atoms with van der Waals surface area (Å²) >= 11 is 0. The molecule has 0 aliphatic carbocycles. The van der Waals surface area contributed by atoms with Crippen molar-refractivity contribution >= 4 is 0 Å². The van der Waals surface area contributed by atoms with Crippen LogP contribution in [0.1, 0.15) is 31.5 Å². The van der Waals surface area contributed by atoms with Crippen molar-refractivity contribution < 1.29 is 9.47 Å². The molecule has 1 aromatic rings. The fourth-order valence-electron chi connectivity index (χ4n) is 2.15. The Morgan fingerprint density at radius 1 is 1.47 bits per heavy atom. The zero-order valence-electron chi connectivity index (χ0n) is 12.1. The molecule has 1 saturated heterocycles. The highest BCUT2D eigenvalue weighted by Gasteiger charge is 2.18. The maximum atomic E-state index is 5.86. The predicted octanol–water partition coefficient (Wildman–Crippen LogP) is 2.30. The highest BCUT2D eigenvalue weighted by atomic mass is 16.5. The van der Waals surface area contributed by atoms with E-state index in [2.05, 4.69) is 30.2 Å². The van der Waals surface area contributed by atoms with E-state index in [-0.39, 0.29) is 6.10 Å². The lowest BCUT2D eigenvalue weighted by Crippen LogP contribution is -2.20. The fraction of sp³-hybridized carbons (Fsp3) is 0.667. The average molecular weight is 264 g/mol. The van der Waals surface area contributed by atoms with Gasteiger partial charge in [0, 0.05) is 24.7 Å². The van der Waals surface area contributed by atoms with Gasteiger partial charge in [0.15, 0.2) is 0 Å². The largest absolute Gasteiger partial charge is 0.472 e. The van der Waals surface area contributed by atoms with Crippen molar-refractivity contribution in [2.24, 2.45) is 5.92 Å². The molecule has 1 aliphatic rings. The Kier molecular flexibility index (Phi) is 5.16. The van der Waals surface area contributed by atoms with Crippen LogP contribution in [0.25, 0.3) is 0 Å². The Morgan fingerprint density at radius 2 is 2.32 bits per heavy atom. The molecule has 1 unspecified atom stereocenters. The smallest absolute Gasteiger partial charge is 0.214 e. The molecule has 0 spiro atoms. The van der Waals surface area contributed by atoms with E-state index < -0.39 is 0 Å². The minimum atomic E-state index is 0.158. The summed E-state index contributed by atoms with van der Waals surface area (Å²) in [5, 5.41) is 3.44. The van der Waals surface area contributed by atoms with Crippen molar-refractivity contribution in [2.75, 3.05) is 19.8 Å². The van der Waals surface area contributed by atoms with Gasteiger partial charge in [0.2, 0.25) is 5.88 Å². The van der Waals surface area contributed by atoms with E-state index in [9.17, 15) is 0 Å². The highest BCUT2D eigenvalue weighted by molar-refractivity contribution is 5.24. The van der Waals surface area contributed by atoms with E-state index in [1.807, 2.05) is 13.0 Å². The maximum Gasteiger partial charge on any atom is 0.214 e. The van der Waals surface area contributed by atoms with Gasteiger partial charge >= 0.3 is 0 Å².